The topological polar surface area (TPSA) is 49.8 Å². The summed E-state index contributed by atoms with van der Waals surface area (Å²) in [4.78, 5) is 13.9. The third-order valence-electron chi connectivity index (χ3n) is 2.84. The molecule has 0 atom stereocenters. The Hall–Kier alpha value is -1.99. The standard InChI is InChI=1S/C15H19NO3/c1-11(2)16(3)15(18)13-7-8-14(19-4)12(10-13)6-5-9-17/h7-8,10-11,17H,9H2,1-4H3. The van der Waals surface area contributed by atoms with Crippen LogP contribution in [0.4, 0.5) is 0 Å². The molecular weight excluding hydrogens is 242 g/mol. The highest BCUT2D eigenvalue weighted by Gasteiger charge is 2.15. The molecule has 102 valence electrons. The molecule has 1 aromatic rings. The van der Waals surface area contributed by atoms with Crippen LogP contribution in [0.25, 0.3) is 0 Å². The Morgan fingerprint density at radius 1 is 1.47 bits per heavy atom. The van der Waals surface area contributed by atoms with Gasteiger partial charge < -0.3 is 14.7 Å². The van der Waals surface area contributed by atoms with Crippen molar-refractivity contribution in [1.29, 1.82) is 0 Å². The van der Waals surface area contributed by atoms with Gasteiger partial charge in [0.05, 0.1) is 12.7 Å². The summed E-state index contributed by atoms with van der Waals surface area (Å²) in [7, 11) is 3.30. The molecule has 19 heavy (non-hydrogen) atoms. The first-order valence-corrected chi connectivity index (χ1v) is 6.06. The van der Waals surface area contributed by atoms with E-state index in [1.54, 1.807) is 37.3 Å². The zero-order valence-corrected chi connectivity index (χ0v) is 11.7. The number of methoxy groups -OCH3 is 1. The number of aliphatic hydroxyl groups excluding tert-OH is 1. The minimum atomic E-state index is -0.229. The van der Waals surface area contributed by atoms with Gasteiger partial charge in [-0.05, 0) is 32.0 Å². The van der Waals surface area contributed by atoms with Crippen LogP contribution in [-0.4, -0.2) is 42.7 Å². The molecule has 1 aromatic carbocycles. The third-order valence-corrected chi connectivity index (χ3v) is 2.84. The second kappa shape index (κ2) is 6.81. The van der Waals surface area contributed by atoms with Crippen molar-refractivity contribution in [2.75, 3.05) is 20.8 Å². The van der Waals surface area contributed by atoms with Gasteiger partial charge in [-0.15, -0.1) is 0 Å². The van der Waals surface area contributed by atoms with E-state index in [0.29, 0.717) is 16.9 Å². The van der Waals surface area contributed by atoms with Crippen molar-refractivity contribution in [2.24, 2.45) is 0 Å². The van der Waals surface area contributed by atoms with Gasteiger partial charge in [-0.1, -0.05) is 11.8 Å². The Kier molecular flexibility index (Phi) is 5.40. The van der Waals surface area contributed by atoms with E-state index in [2.05, 4.69) is 11.8 Å². The maximum absolute atomic E-state index is 12.2. The van der Waals surface area contributed by atoms with Crippen LogP contribution < -0.4 is 4.74 Å². The summed E-state index contributed by atoms with van der Waals surface area (Å²) in [5.41, 5.74) is 1.15. The van der Waals surface area contributed by atoms with E-state index < -0.39 is 0 Å². The first-order chi connectivity index (χ1) is 9.01. The van der Waals surface area contributed by atoms with Crippen LogP contribution >= 0.6 is 0 Å². The summed E-state index contributed by atoms with van der Waals surface area (Å²) >= 11 is 0. The molecule has 0 unspecified atom stereocenters. The molecule has 0 saturated heterocycles. The highest BCUT2D eigenvalue weighted by molar-refractivity contribution is 5.94. The minimum absolute atomic E-state index is 0.0651. The predicted octanol–water partition coefficient (Wildman–Crippen LogP) is 1.52. The summed E-state index contributed by atoms with van der Waals surface area (Å²) in [5.74, 6) is 5.86. The summed E-state index contributed by atoms with van der Waals surface area (Å²) in [6.07, 6.45) is 0. The molecule has 0 aromatic heterocycles. The number of ether oxygens (including phenoxy) is 1. The SMILES string of the molecule is COc1ccc(C(=O)N(C)C(C)C)cc1C#CCO. The van der Waals surface area contributed by atoms with Gasteiger partial charge in [0, 0.05) is 18.7 Å². The largest absolute Gasteiger partial charge is 0.495 e. The monoisotopic (exact) mass is 261 g/mol. The van der Waals surface area contributed by atoms with Crippen LogP contribution in [0.15, 0.2) is 18.2 Å². The predicted molar refractivity (Wildman–Crippen MR) is 74.2 cm³/mol. The Labute approximate surface area is 114 Å². The fourth-order valence-corrected chi connectivity index (χ4v) is 1.51. The van der Waals surface area contributed by atoms with E-state index in [4.69, 9.17) is 9.84 Å². The maximum atomic E-state index is 12.2. The smallest absolute Gasteiger partial charge is 0.253 e. The summed E-state index contributed by atoms with van der Waals surface area (Å²) < 4.78 is 5.18. The maximum Gasteiger partial charge on any atom is 0.253 e. The molecule has 4 nitrogen and oxygen atoms in total. The highest BCUT2D eigenvalue weighted by atomic mass is 16.5. The number of carbonyl (C=O) groups is 1. The van der Waals surface area contributed by atoms with Gasteiger partial charge in [0.25, 0.3) is 5.91 Å². The first kappa shape index (κ1) is 15.1. The fraction of sp³-hybridized carbons (Fsp3) is 0.400. The molecule has 0 radical (unpaired) electrons. The van der Waals surface area contributed by atoms with Gasteiger partial charge in [-0.25, -0.2) is 0 Å². The normalized spacial score (nSPS) is 9.79. The molecule has 4 heteroatoms. The van der Waals surface area contributed by atoms with Gasteiger partial charge in [0.15, 0.2) is 0 Å². The molecule has 1 rings (SSSR count). The number of hydrogen-bond acceptors (Lipinski definition) is 3. The van der Waals surface area contributed by atoms with Crippen LogP contribution in [0.2, 0.25) is 0 Å². The molecular formula is C15H19NO3. The zero-order valence-electron chi connectivity index (χ0n) is 11.7. The lowest BCUT2D eigenvalue weighted by molar-refractivity contribution is 0.0755. The molecule has 0 spiro atoms. The van der Waals surface area contributed by atoms with Crippen molar-refractivity contribution in [3.8, 4) is 17.6 Å². The quantitative estimate of drug-likeness (QED) is 0.839. The second-order valence-corrected chi connectivity index (χ2v) is 4.38. The average molecular weight is 261 g/mol. The van der Waals surface area contributed by atoms with Crippen LogP contribution in [0.1, 0.15) is 29.8 Å². The van der Waals surface area contributed by atoms with Crippen LogP contribution in [0.3, 0.4) is 0 Å². The van der Waals surface area contributed by atoms with Crippen molar-refractivity contribution in [3.05, 3.63) is 29.3 Å². The number of nitrogens with zero attached hydrogens (tertiary/aromatic N) is 1. The number of amides is 1. The molecule has 1 amide bonds. The number of hydrogen-bond donors (Lipinski definition) is 1. The van der Waals surface area contributed by atoms with Gasteiger partial charge >= 0.3 is 0 Å². The van der Waals surface area contributed by atoms with Crippen LogP contribution in [-0.2, 0) is 0 Å². The average Bonchev–Trinajstić information content (AvgIpc) is 2.42. The molecule has 0 heterocycles. The Morgan fingerprint density at radius 3 is 2.68 bits per heavy atom. The summed E-state index contributed by atoms with van der Waals surface area (Å²) in [6.45, 7) is 3.68. The van der Waals surface area contributed by atoms with Crippen molar-refractivity contribution >= 4 is 5.91 Å². The third kappa shape index (κ3) is 3.73. The second-order valence-electron chi connectivity index (χ2n) is 4.38. The summed E-state index contributed by atoms with van der Waals surface area (Å²) in [6, 6.07) is 5.23. The zero-order chi connectivity index (χ0) is 14.4. The Bertz CT molecular complexity index is 512. The van der Waals surface area contributed by atoms with Crippen molar-refractivity contribution < 1.29 is 14.6 Å². The lowest BCUT2D eigenvalue weighted by Crippen LogP contribution is -2.32. The van der Waals surface area contributed by atoms with Crippen LogP contribution in [0, 0.1) is 11.8 Å². The molecule has 0 aliphatic carbocycles. The molecule has 0 fully saturated rings. The number of benzene rings is 1. The van der Waals surface area contributed by atoms with Crippen molar-refractivity contribution in [3.63, 3.8) is 0 Å². The number of aliphatic hydroxyl groups is 1. The highest BCUT2D eigenvalue weighted by Crippen LogP contribution is 2.20. The van der Waals surface area contributed by atoms with E-state index in [1.807, 2.05) is 13.8 Å². The molecule has 0 aliphatic heterocycles. The van der Waals surface area contributed by atoms with Gasteiger partial charge in [0.2, 0.25) is 0 Å². The van der Waals surface area contributed by atoms with E-state index in [0.717, 1.165) is 0 Å². The van der Waals surface area contributed by atoms with Crippen molar-refractivity contribution in [2.45, 2.75) is 19.9 Å². The van der Waals surface area contributed by atoms with Gasteiger partial charge in [0.1, 0.15) is 12.4 Å². The van der Waals surface area contributed by atoms with Crippen LogP contribution in [0.5, 0.6) is 5.75 Å². The molecule has 0 aliphatic rings. The Balaban J connectivity index is 3.14. The fourth-order valence-electron chi connectivity index (χ4n) is 1.51. The van der Waals surface area contributed by atoms with Crippen molar-refractivity contribution in [1.82, 2.24) is 4.90 Å². The van der Waals surface area contributed by atoms with E-state index in [9.17, 15) is 4.79 Å². The molecule has 0 saturated carbocycles. The van der Waals surface area contributed by atoms with Gasteiger partial charge in [-0.3, -0.25) is 4.79 Å². The van der Waals surface area contributed by atoms with Gasteiger partial charge in [-0.2, -0.15) is 0 Å². The lowest BCUT2D eigenvalue weighted by atomic mass is 10.1. The number of rotatable bonds is 3. The molecule has 0 bridgehead atoms. The summed E-state index contributed by atoms with van der Waals surface area (Å²) in [5, 5.41) is 8.74. The van der Waals surface area contributed by atoms with E-state index in [1.165, 1.54) is 0 Å². The minimum Gasteiger partial charge on any atom is -0.495 e. The van der Waals surface area contributed by atoms with E-state index in [-0.39, 0.29) is 18.6 Å². The molecule has 1 N–H and O–H groups in total. The lowest BCUT2D eigenvalue weighted by Gasteiger charge is -2.21. The number of carbonyl (C=O) groups excluding carboxylic acids is 1. The van der Waals surface area contributed by atoms with E-state index >= 15 is 0 Å². The Morgan fingerprint density at radius 2 is 2.16 bits per heavy atom. The first-order valence-electron chi connectivity index (χ1n) is 6.06.